The topological polar surface area (TPSA) is 53.2 Å². The Morgan fingerprint density at radius 1 is 1.08 bits per heavy atom. The first-order valence-corrected chi connectivity index (χ1v) is 10.1. The fraction of sp³-hybridized carbons (Fsp3) is 0.300. The molecule has 0 unspecified atom stereocenters. The largest absolute Gasteiger partial charge is 0.358 e. The lowest BCUT2D eigenvalue weighted by Gasteiger charge is -2.28. The zero-order valence-electron chi connectivity index (χ0n) is 15.1. The van der Waals surface area contributed by atoms with Crippen molar-refractivity contribution in [1.82, 2.24) is 9.29 Å². The van der Waals surface area contributed by atoms with Crippen molar-refractivity contribution in [3.63, 3.8) is 0 Å². The molecule has 2 heterocycles. The van der Waals surface area contributed by atoms with Gasteiger partial charge in [0.15, 0.2) is 0 Å². The molecule has 1 aliphatic rings. The molecule has 0 amide bonds. The summed E-state index contributed by atoms with van der Waals surface area (Å²) < 4.78 is 41.8. The van der Waals surface area contributed by atoms with E-state index in [4.69, 9.17) is 0 Å². The first-order chi connectivity index (χ1) is 12.3. The minimum Gasteiger partial charge on any atom is -0.358 e. The Hall–Kier alpha value is -2.18. The normalized spacial score (nSPS) is 15.4. The van der Waals surface area contributed by atoms with Gasteiger partial charge in [-0.25, -0.2) is 12.8 Å². The van der Waals surface area contributed by atoms with Crippen LogP contribution in [-0.2, 0) is 23.0 Å². The lowest BCUT2D eigenvalue weighted by atomic mass is 10.1. The molecule has 4 rings (SSSR count). The first kappa shape index (κ1) is 17.2. The highest BCUT2D eigenvalue weighted by Crippen LogP contribution is 2.33. The molecule has 1 N–H and O–H groups in total. The van der Waals surface area contributed by atoms with Gasteiger partial charge in [-0.15, -0.1) is 0 Å². The molecule has 0 radical (unpaired) electrons. The minimum atomic E-state index is -3.61. The number of benzene rings is 2. The number of aryl methyl sites for hydroxylation is 3. The molecule has 0 spiro atoms. The highest BCUT2D eigenvalue weighted by molar-refractivity contribution is 7.89. The van der Waals surface area contributed by atoms with Gasteiger partial charge in [-0.3, -0.25) is 0 Å². The molecule has 1 aromatic heterocycles. The molecule has 3 aromatic rings. The number of hydrogen-bond donors (Lipinski definition) is 1. The predicted molar refractivity (Wildman–Crippen MR) is 100 cm³/mol. The van der Waals surface area contributed by atoms with Crippen LogP contribution in [-0.4, -0.2) is 24.3 Å². The van der Waals surface area contributed by atoms with Crippen molar-refractivity contribution in [2.24, 2.45) is 0 Å². The van der Waals surface area contributed by atoms with Crippen molar-refractivity contribution in [3.05, 3.63) is 64.1 Å². The van der Waals surface area contributed by atoms with E-state index in [1.807, 2.05) is 32.9 Å². The Morgan fingerprint density at radius 3 is 2.46 bits per heavy atom. The number of halogens is 1. The second-order valence-electron chi connectivity index (χ2n) is 7.09. The van der Waals surface area contributed by atoms with Crippen molar-refractivity contribution in [3.8, 4) is 0 Å². The highest BCUT2D eigenvalue weighted by Gasteiger charge is 2.32. The van der Waals surface area contributed by atoms with Crippen LogP contribution in [0.3, 0.4) is 0 Å². The van der Waals surface area contributed by atoms with Gasteiger partial charge in [0.1, 0.15) is 5.82 Å². The van der Waals surface area contributed by atoms with E-state index in [1.54, 1.807) is 6.07 Å². The molecule has 26 heavy (non-hydrogen) atoms. The lowest BCUT2D eigenvalue weighted by molar-refractivity contribution is 0.390. The van der Waals surface area contributed by atoms with Crippen LogP contribution < -0.4 is 0 Å². The molecular formula is C20H21FN2O2S. The maximum atomic E-state index is 13.7. The zero-order chi connectivity index (χ0) is 18.6. The van der Waals surface area contributed by atoms with Crippen LogP contribution in [0.5, 0.6) is 0 Å². The fourth-order valence-corrected chi connectivity index (χ4v) is 5.89. The second-order valence-corrected chi connectivity index (χ2v) is 8.96. The first-order valence-electron chi connectivity index (χ1n) is 8.64. The minimum absolute atomic E-state index is 0.258. The fourth-order valence-electron chi connectivity index (χ4n) is 4.07. The number of hydrogen-bond acceptors (Lipinski definition) is 2. The average Bonchev–Trinajstić information content (AvgIpc) is 2.90. The van der Waals surface area contributed by atoms with E-state index in [1.165, 1.54) is 16.4 Å². The van der Waals surface area contributed by atoms with Gasteiger partial charge < -0.3 is 4.98 Å². The third kappa shape index (κ3) is 2.64. The Labute approximate surface area is 152 Å². The van der Waals surface area contributed by atoms with Crippen molar-refractivity contribution in [2.75, 3.05) is 6.54 Å². The number of aromatic amines is 1. The summed E-state index contributed by atoms with van der Waals surface area (Å²) in [5.41, 5.74) is 5.29. The Bertz CT molecular complexity index is 1110. The summed E-state index contributed by atoms with van der Waals surface area (Å²) in [5, 5.41) is 0.761. The van der Waals surface area contributed by atoms with Gasteiger partial charge in [0.05, 0.1) is 4.90 Å². The van der Waals surface area contributed by atoms with Crippen molar-refractivity contribution in [1.29, 1.82) is 0 Å². The van der Waals surface area contributed by atoms with Gasteiger partial charge in [0, 0.05) is 36.1 Å². The number of aromatic nitrogens is 1. The molecule has 0 aliphatic carbocycles. The number of fused-ring (bicyclic) bond motifs is 3. The Morgan fingerprint density at radius 2 is 1.77 bits per heavy atom. The third-order valence-corrected chi connectivity index (χ3v) is 7.26. The molecule has 0 atom stereocenters. The van der Waals surface area contributed by atoms with Crippen molar-refractivity contribution >= 4 is 20.9 Å². The molecule has 0 bridgehead atoms. The quantitative estimate of drug-likeness (QED) is 0.740. The molecule has 0 saturated heterocycles. The maximum Gasteiger partial charge on any atom is 0.243 e. The summed E-state index contributed by atoms with van der Waals surface area (Å²) in [4.78, 5) is 3.68. The van der Waals surface area contributed by atoms with Gasteiger partial charge in [-0.05, 0) is 55.7 Å². The Kier molecular flexibility index (Phi) is 3.93. The van der Waals surface area contributed by atoms with Crippen LogP contribution in [0.25, 0.3) is 10.9 Å². The number of sulfonamides is 1. The zero-order valence-corrected chi connectivity index (χ0v) is 15.9. The van der Waals surface area contributed by atoms with E-state index in [2.05, 4.69) is 4.98 Å². The van der Waals surface area contributed by atoms with Crippen LogP contribution in [0.15, 0.2) is 35.2 Å². The van der Waals surface area contributed by atoms with Crippen molar-refractivity contribution in [2.45, 2.75) is 38.6 Å². The number of nitrogens with zero attached hydrogens (tertiary/aromatic N) is 1. The summed E-state index contributed by atoms with van der Waals surface area (Å²) in [6.45, 7) is 6.31. The molecule has 0 saturated carbocycles. The third-order valence-electron chi connectivity index (χ3n) is 5.10. The molecule has 1 aliphatic heterocycles. The SMILES string of the molecule is Cc1cc(C)c(S(=O)(=O)N2CCc3[nH]c4ccc(F)cc4c3C2)c(C)c1. The number of H-pyrrole nitrogens is 1. The second kappa shape index (κ2) is 5.93. The summed E-state index contributed by atoms with van der Waals surface area (Å²) in [6, 6.07) is 8.39. The van der Waals surface area contributed by atoms with E-state index in [-0.39, 0.29) is 12.4 Å². The number of nitrogens with one attached hydrogen (secondary N) is 1. The standard InChI is InChI=1S/C20H21FN2O2S/c1-12-8-13(2)20(14(3)9-12)26(24,25)23-7-6-19-17(11-23)16-10-15(21)4-5-18(16)22-19/h4-5,8-10,22H,6-7,11H2,1-3H3. The maximum absolute atomic E-state index is 13.7. The molecular weight excluding hydrogens is 351 g/mol. The highest BCUT2D eigenvalue weighted by atomic mass is 32.2. The van der Waals surface area contributed by atoms with E-state index in [0.717, 1.165) is 38.9 Å². The van der Waals surface area contributed by atoms with Gasteiger partial charge in [0.25, 0.3) is 0 Å². The van der Waals surface area contributed by atoms with Gasteiger partial charge in [0.2, 0.25) is 10.0 Å². The van der Waals surface area contributed by atoms with E-state index in [0.29, 0.717) is 17.9 Å². The predicted octanol–water partition coefficient (Wildman–Crippen LogP) is 3.98. The van der Waals surface area contributed by atoms with Crippen LogP contribution in [0.4, 0.5) is 4.39 Å². The van der Waals surface area contributed by atoms with Crippen LogP contribution in [0.1, 0.15) is 27.9 Å². The van der Waals surface area contributed by atoms with Crippen LogP contribution in [0, 0.1) is 26.6 Å². The lowest BCUT2D eigenvalue weighted by Crippen LogP contribution is -2.36. The molecule has 136 valence electrons. The van der Waals surface area contributed by atoms with Crippen molar-refractivity contribution < 1.29 is 12.8 Å². The van der Waals surface area contributed by atoms with Crippen LogP contribution >= 0.6 is 0 Å². The molecule has 4 nitrogen and oxygen atoms in total. The van der Waals surface area contributed by atoms with E-state index in [9.17, 15) is 12.8 Å². The average molecular weight is 372 g/mol. The molecule has 6 heteroatoms. The van der Waals surface area contributed by atoms with Gasteiger partial charge in [-0.2, -0.15) is 4.31 Å². The summed E-state index contributed by atoms with van der Waals surface area (Å²) in [7, 11) is -3.61. The smallest absolute Gasteiger partial charge is 0.243 e. The summed E-state index contributed by atoms with van der Waals surface area (Å²) in [5.74, 6) is -0.315. The van der Waals surface area contributed by atoms with E-state index < -0.39 is 10.0 Å². The molecule has 2 aromatic carbocycles. The van der Waals surface area contributed by atoms with Gasteiger partial charge in [-0.1, -0.05) is 17.7 Å². The molecule has 0 fully saturated rings. The van der Waals surface area contributed by atoms with E-state index >= 15 is 0 Å². The Balaban J connectivity index is 1.79. The summed E-state index contributed by atoms with van der Waals surface area (Å²) >= 11 is 0. The van der Waals surface area contributed by atoms with Crippen LogP contribution in [0.2, 0.25) is 0 Å². The summed E-state index contributed by atoms with van der Waals surface area (Å²) in [6.07, 6.45) is 0.592. The number of rotatable bonds is 2. The monoisotopic (exact) mass is 372 g/mol. The van der Waals surface area contributed by atoms with Gasteiger partial charge >= 0.3 is 0 Å².